The normalized spacial score (nSPS) is 17.7. The third-order valence-corrected chi connectivity index (χ3v) is 6.80. The van der Waals surface area contributed by atoms with Crippen LogP contribution in [0.25, 0.3) is 0 Å². The Morgan fingerprint density at radius 2 is 2.00 bits per heavy atom. The molecule has 1 unspecified atom stereocenters. The number of ether oxygens (including phenoxy) is 1. The molecule has 8 nitrogen and oxygen atoms in total. The van der Waals surface area contributed by atoms with E-state index in [-0.39, 0.29) is 10.6 Å². The van der Waals surface area contributed by atoms with Gasteiger partial charge in [0, 0.05) is 68.2 Å². The lowest BCUT2D eigenvalue weighted by atomic mass is 10.3. The van der Waals surface area contributed by atoms with E-state index in [1.165, 1.54) is 12.1 Å². The topological polar surface area (TPSA) is 93.0 Å². The van der Waals surface area contributed by atoms with Crippen molar-refractivity contribution in [2.45, 2.75) is 4.90 Å². The molecular formula is C15H23N3O5S2. The summed E-state index contributed by atoms with van der Waals surface area (Å²) in [5.74, 6) is 1.32. The Morgan fingerprint density at radius 3 is 2.64 bits per heavy atom. The Kier molecular flexibility index (Phi) is 8.10. The summed E-state index contributed by atoms with van der Waals surface area (Å²) in [4.78, 5) is 13.1. The van der Waals surface area contributed by atoms with Gasteiger partial charge >= 0.3 is 0 Å². The summed E-state index contributed by atoms with van der Waals surface area (Å²) in [5.41, 5.74) is -0.142. The maximum Gasteiger partial charge on any atom is 0.286 e. The van der Waals surface area contributed by atoms with Crippen molar-refractivity contribution >= 4 is 27.5 Å². The predicted molar refractivity (Wildman–Crippen MR) is 97.3 cm³/mol. The number of rotatable bonds is 9. The SMILES string of the molecule is COCCN(CCN1CCS(=O)CC1)S(=O)c1ccccc1[N+](=O)[O-]. The Labute approximate surface area is 152 Å². The van der Waals surface area contributed by atoms with Crippen LogP contribution < -0.4 is 0 Å². The number of methoxy groups -OCH3 is 1. The van der Waals surface area contributed by atoms with Crippen LogP contribution in [0.3, 0.4) is 0 Å². The second-order valence-corrected chi connectivity index (χ2v) is 8.74. The van der Waals surface area contributed by atoms with Crippen LogP contribution in [0.1, 0.15) is 0 Å². The summed E-state index contributed by atoms with van der Waals surface area (Å²) >= 11 is 0. The fraction of sp³-hybridized carbons (Fsp3) is 0.600. The van der Waals surface area contributed by atoms with Crippen LogP contribution in [0.15, 0.2) is 29.2 Å². The number of hydrogen-bond acceptors (Lipinski definition) is 6. The number of nitrogens with zero attached hydrogens (tertiary/aromatic N) is 3. The van der Waals surface area contributed by atoms with Crippen molar-refractivity contribution in [3.05, 3.63) is 34.4 Å². The van der Waals surface area contributed by atoms with Crippen LogP contribution in [0.4, 0.5) is 5.69 Å². The second-order valence-electron chi connectivity index (χ2n) is 5.59. The van der Waals surface area contributed by atoms with Gasteiger partial charge in [0.2, 0.25) is 0 Å². The number of nitro groups is 1. The van der Waals surface area contributed by atoms with Gasteiger partial charge in [0.15, 0.2) is 0 Å². The van der Waals surface area contributed by atoms with Crippen molar-refractivity contribution in [2.24, 2.45) is 0 Å². The van der Waals surface area contributed by atoms with E-state index in [1.807, 2.05) is 0 Å². The fourth-order valence-electron chi connectivity index (χ4n) is 2.52. The van der Waals surface area contributed by atoms with E-state index < -0.39 is 26.7 Å². The average molecular weight is 389 g/mol. The molecule has 1 saturated heterocycles. The summed E-state index contributed by atoms with van der Waals surface area (Å²) in [6.07, 6.45) is 0. The van der Waals surface area contributed by atoms with E-state index in [2.05, 4.69) is 4.90 Å². The molecule has 0 amide bonds. The van der Waals surface area contributed by atoms with Crippen molar-refractivity contribution in [3.63, 3.8) is 0 Å². The highest BCUT2D eigenvalue weighted by molar-refractivity contribution is 7.85. The van der Waals surface area contributed by atoms with Crippen LogP contribution >= 0.6 is 0 Å². The van der Waals surface area contributed by atoms with Crippen molar-refractivity contribution in [3.8, 4) is 0 Å². The van der Waals surface area contributed by atoms with E-state index in [1.54, 1.807) is 23.5 Å². The molecular weight excluding hydrogens is 366 g/mol. The molecule has 2 rings (SSSR count). The van der Waals surface area contributed by atoms with Crippen LogP contribution in [0.2, 0.25) is 0 Å². The first kappa shape index (κ1) is 20.1. The summed E-state index contributed by atoms with van der Waals surface area (Å²) in [6.45, 7) is 3.47. The minimum Gasteiger partial charge on any atom is -0.383 e. The van der Waals surface area contributed by atoms with Gasteiger partial charge in [-0.1, -0.05) is 12.1 Å². The monoisotopic (exact) mass is 389 g/mol. The maximum atomic E-state index is 12.9. The summed E-state index contributed by atoms with van der Waals surface area (Å²) in [6, 6.07) is 6.10. The number of para-hydroxylation sites is 1. The molecule has 10 heteroatoms. The standard InChI is InChI=1S/C15H23N3O5S2/c1-23-11-8-17(7-6-16-9-12-24(21)13-10-16)25(22)15-5-3-2-4-14(15)18(19)20/h2-5H,6-13H2,1H3. The molecule has 0 saturated carbocycles. The molecule has 1 atom stereocenters. The zero-order valence-corrected chi connectivity index (χ0v) is 15.8. The third-order valence-electron chi connectivity index (χ3n) is 3.97. The van der Waals surface area contributed by atoms with Crippen molar-refractivity contribution in [1.82, 2.24) is 9.21 Å². The van der Waals surface area contributed by atoms with Crippen molar-refractivity contribution in [2.75, 3.05) is 57.9 Å². The minimum atomic E-state index is -1.64. The molecule has 0 N–H and O–H groups in total. The Balaban J connectivity index is 2.07. The Morgan fingerprint density at radius 1 is 1.32 bits per heavy atom. The first-order valence-corrected chi connectivity index (χ1v) is 10.6. The van der Waals surface area contributed by atoms with Crippen LogP contribution in [-0.2, 0) is 26.5 Å². The van der Waals surface area contributed by atoms with E-state index in [0.717, 1.165) is 13.1 Å². The van der Waals surface area contributed by atoms with Gasteiger partial charge < -0.3 is 9.64 Å². The average Bonchev–Trinajstić information content (AvgIpc) is 2.62. The lowest BCUT2D eigenvalue weighted by Gasteiger charge is -2.29. The van der Waals surface area contributed by atoms with Crippen LogP contribution in [0.5, 0.6) is 0 Å². The van der Waals surface area contributed by atoms with Gasteiger partial charge in [0.1, 0.15) is 15.9 Å². The molecule has 0 aromatic heterocycles. The van der Waals surface area contributed by atoms with Crippen LogP contribution in [-0.4, -0.2) is 80.5 Å². The molecule has 0 radical (unpaired) electrons. The fourth-order valence-corrected chi connectivity index (χ4v) is 4.93. The molecule has 0 spiro atoms. The summed E-state index contributed by atoms with van der Waals surface area (Å²) < 4.78 is 31.1. The highest BCUT2D eigenvalue weighted by atomic mass is 32.2. The molecule has 1 heterocycles. The maximum absolute atomic E-state index is 12.9. The molecule has 25 heavy (non-hydrogen) atoms. The smallest absolute Gasteiger partial charge is 0.286 e. The van der Waals surface area contributed by atoms with Crippen LogP contribution in [0, 0.1) is 10.1 Å². The van der Waals surface area contributed by atoms with Gasteiger partial charge in [-0.15, -0.1) is 0 Å². The highest BCUT2D eigenvalue weighted by Crippen LogP contribution is 2.23. The molecule has 0 aliphatic carbocycles. The largest absolute Gasteiger partial charge is 0.383 e. The number of nitro benzene ring substituents is 1. The van der Waals surface area contributed by atoms with Gasteiger partial charge in [-0.25, -0.2) is 8.51 Å². The lowest BCUT2D eigenvalue weighted by Crippen LogP contribution is -2.43. The zero-order valence-electron chi connectivity index (χ0n) is 14.2. The molecule has 1 aromatic rings. The third kappa shape index (κ3) is 5.93. The summed E-state index contributed by atoms with van der Waals surface area (Å²) in [7, 11) is -0.817. The highest BCUT2D eigenvalue weighted by Gasteiger charge is 2.24. The van der Waals surface area contributed by atoms with Gasteiger partial charge in [-0.2, -0.15) is 0 Å². The molecule has 1 aliphatic heterocycles. The van der Waals surface area contributed by atoms with E-state index >= 15 is 0 Å². The molecule has 140 valence electrons. The molecule has 1 aromatic carbocycles. The number of benzene rings is 1. The van der Waals surface area contributed by atoms with Gasteiger partial charge in [-0.05, 0) is 6.07 Å². The van der Waals surface area contributed by atoms with E-state index in [0.29, 0.717) is 37.7 Å². The number of hydrogen-bond donors (Lipinski definition) is 0. The zero-order chi connectivity index (χ0) is 18.2. The predicted octanol–water partition coefficient (Wildman–Crippen LogP) is 0.630. The second kappa shape index (κ2) is 10.1. The van der Waals surface area contributed by atoms with Crippen molar-refractivity contribution in [1.29, 1.82) is 0 Å². The van der Waals surface area contributed by atoms with Gasteiger partial charge in [0.05, 0.1) is 11.5 Å². The van der Waals surface area contributed by atoms with Crippen molar-refractivity contribution < 1.29 is 18.1 Å². The lowest BCUT2D eigenvalue weighted by molar-refractivity contribution is -0.387. The first-order valence-electron chi connectivity index (χ1n) is 7.99. The summed E-state index contributed by atoms with van der Waals surface area (Å²) in [5, 5.41) is 11.2. The van der Waals surface area contributed by atoms with Gasteiger partial charge in [0.25, 0.3) is 5.69 Å². The van der Waals surface area contributed by atoms with E-state index in [4.69, 9.17) is 4.74 Å². The quantitative estimate of drug-likeness (QED) is 0.454. The first-order chi connectivity index (χ1) is 12.0. The van der Waals surface area contributed by atoms with E-state index in [9.17, 15) is 18.5 Å². The van der Waals surface area contributed by atoms with Gasteiger partial charge in [-0.3, -0.25) is 14.3 Å². The molecule has 1 fully saturated rings. The Hall–Kier alpha value is -1.20. The molecule has 0 bridgehead atoms. The molecule has 1 aliphatic rings. The Bertz CT molecular complexity index is 633. The minimum absolute atomic E-state index is 0.142.